The zero-order valence-corrected chi connectivity index (χ0v) is 12.6. The Hall–Kier alpha value is -0.430. The molecule has 0 aliphatic carbocycles. The Morgan fingerprint density at radius 3 is 2.89 bits per heavy atom. The maximum Gasteiger partial charge on any atom is 0.241 e. The van der Waals surface area contributed by atoms with Gasteiger partial charge in [0.15, 0.2) is 0 Å². The highest BCUT2D eigenvalue weighted by Crippen LogP contribution is 2.25. The van der Waals surface area contributed by atoms with Crippen LogP contribution in [-0.2, 0) is 10.0 Å². The van der Waals surface area contributed by atoms with E-state index < -0.39 is 10.0 Å². The fraction of sp³-hybridized carbons (Fsp3) is 0.500. The minimum Gasteiger partial charge on any atom is -0.315 e. The Labute approximate surface area is 116 Å². The molecule has 0 spiro atoms. The number of sulfonamides is 1. The molecule has 0 unspecified atom stereocenters. The lowest BCUT2D eigenvalue weighted by Crippen LogP contribution is -2.45. The van der Waals surface area contributed by atoms with Gasteiger partial charge in [0.1, 0.15) is 0 Å². The molecule has 1 fully saturated rings. The molecule has 0 aromatic heterocycles. The van der Waals surface area contributed by atoms with E-state index in [4.69, 9.17) is 0 Å². The second-order valence-electron chi connectivity index (χ2n) is 4.55. The first-order chi connectivity index (χ1) is 8.50. The van der Waals surface area contributed by atoms with Crippen LogP contribution < -0.4 is 10.0 Å². The number of rotatable bonds is 3. The fourth-order valence-electron chi connectivity index (χ4n) is 2.06. The van der Waals surface area contributed by atoms with Crippen molar-refractivity contribution < 1.29 is 8.42 Å². The van der Waals surface area contributed by atoms with Crippen molar-refractivity contribution in [1.82, 2.24) is 10.0 Å². The number of nitrogens with one attached hydrogen (secondary N) is 2. The number of piperidine rings is 1. The third-order valence-corrected chi connectivity index (χ3v) is 5.94. The number of benzene rings is 1. The van der Waals surface area contributed by atoms with Crippen molar-refractivity contribution in [2.24, 2.45) is 0 Å². The zero-order valence-electron chi connectivity index (χ0n) is 10.2. The van der Waals surface area contributed by atoms with Crippen molar-refractivity contribution in [1.29, 1.82) is 0 Å². The van der Waals surface area contributed by atoms with Crippen molar-refractivity contribution in [3.05, 3.63) is 28.2 Å². The van der Waals surface area contributed by atoms with Gasteiger partial charge in [0.05, 0.1) is 4.90 Å². The van der Waals surface area contributed by atoms with Crippen LogP contribution in [-0.4, -0.2) is 27.5 Å². The van der Waals surface area contributed by atoms with E-state index in [9.17, 15) is 8.42 Å². The van der Waals surface area contributed by atoms with E-state index >= 15 is 0 Å². The smallest absolute Gasteiger partial charge is 0.241 e. The molecule has 1 aromatic carbocycles. The standard InChI is InChI=1S/C12H17BrN2O2S/c1-9-4-2-6-11(12(9)13)18(16,17)15-10-5-3-7-14-8-10/h2,4,6,10,14-15H,3,5,7-8H2,1H3/t10-/m1/s1. The predicted octanol–water partition coefficient (Wildman–Crippen LogP) is 1.79. The number of halogens is 1. The van der Waals surface area contributed by atoms with Crippen molar-refractivity contribution in [2.45, 2.75) is 30.7 Å². The van der Waals surface area contributed by atoms with E-state index in [-0.39, 0.29) is 6.04 Å². The third-order valence-electron chi connectivity index (χ3n) is 3.06. The highest BCUT2D eigenvalue weighted by Gasteiger charge is 2.23. The van der Waals surface area contributed by atoms with Crippen LogP contribution in [0.3, 0.4) is 0 Å². The number of hydrogen-bond donors (Lipinski definition) is 2. The molecule has 18 heavy (non-hydrogen) atoms. The molecule has 6 heteroatoms. The highest BCUT2D eigenvalue weighted by atomic mass is 79.9. The van der Waals surface area contributed by atoms with E-state index in [1.54, 1.807) is 12.1 Å². The molecule has 1 heterocycles. The van der Waals surface area contributed by atoms with Crippen molar-refractivity contribution >= 4 is 26.0 Å². The molecule has 0 amide bonds. The van der Waals surface area contributed by atoms with E-state index in [0.29, 0.717) is 15.9 Å². The van der Waals surface area contributed by atoms with Gasteiger partial charge in [0.2, 0.25) is 10.0 Å². The maximum absolute atomic E-state index is 12.3. The van der Waals surface area contributed by atoms with E-state index in [1.165, 1.54) is 0 Å². The summed E-state index contributed by atoms with van der Waals surface area (Å²) in [5, 5.41) is 3.20. The summed E-state index contributed by atoms with van der Waals surface area (Å²) < 4.78 is 28.0. The first-order valence-electron chi connectivity index (χ1n) is 5.99. The van der Waals surface area contributed by atoms with Crippen LogP contribution in [0, 0.1) is 6.92 Å². The Morgan fingerprint density at radius 2 is 2.22 bits per heavy atom. The SMILES string of the molecule is Cc1cccc(S(=O)(=O)N[C@@H]2CCCNC2)c1Br. The van der Waals surface area contributed by atoms with Crippen LogP contribution in [0.4, 0.5) is 0 Å². The van der Waals surface area contributed by atoms with Gasteiger partial charge in [-0.05, 0) is 53.9 Å². The summed E-state index contributed by atoms with van der Waals surface area (Å²) >= 11 is 3.35. The van der Waals surface area contributed by atoms with Crippen LogP contribution in [0.5, 0.6) is 0 Å². The minimum absolute atomic E-state index is 0.0174. The summed E-state index contributed by atoms with van der Waals surface area (Å²) in [6.45, 7) is 3.54. The zero-order chi connectivity index (χ0) is 13.2. The van der Waals surface area contributed by atoms with Crippen molar-refractivity contribution in [2.75, 3.05) is 13.1 Å². The summed E-state index contributed by atoms with van der Waals surface area (Å²) in [7, 11) is -3.45. The normalized spacial score (nSPS) is 20.9. The van der Waals surface area contributed by atoms with Gasteiger partial charge in [0, 0.05) is 17.1 Å². The Kier molecular flexibility index (Phi) is 4.42. The van der Waals surface area contributed by atoms with Crippen molar-refractivity contribution in [3.8, 4) is 0 Å². The molecule has 0 saturated carbocycles. The average molecular weight is 333 g/mol. The van der Waals surface area contributed by atoms with Gasteiger partial charge in [-0.15, -0.1) is 0 Å². The second-order valence-corrected chi connectivity index (χ2v) is 7.03. The molecule has 1 aliphatic rings. The van der Waals surface area contributed by atoms with Crippen molar-refractivity contribution in [3.63, 3.8) is 0 Å². The minimum atomic E-state index is -3.45. The molecular formula is C12H17BrN2O2S. The summed E-state index contributed by atoms with van der Waals surface area (Å²) in [6.07, 6.45) is 1.89. The molecule has 1 saturated heterocycles. The lowest BCUT2D eigenvalue weighted by atomic mass is 10.1. The molecule has 1 aliphatic heterocycles. The quantitative estimate of drug-likeness (QED) is 0.887. The van der Waals surface area contributed by atoms with Crippen LogP contribution >= 0.6 is 15.9 Å². The molecule has 2 N–H and O–H groups in total. The third kappa shape index (κ3) is 3.12. The first-order valence-corrected chi connectivity index (χ1v) is 8.26. The van der Waals surface area contributed by atoms with Gasteiger partial charge in [-0.2, -0.15) is 0 Å². The summed E-state index contributed by atoms with van der Waals surface area (Å²) in [5.41, 5.74) is 0.916. The molecule has 100 valence electrons. The average Bonchev–Trinajstić information content (AvgIpc) is 2.33. The van der Waals surface area contributed by atoms with Crippen LogP contribution in [0.2, 0.25) is 0 Å². The van der Waals surface area contributed by atoms with Gasteiger partial charge in [0.25, 0.3) is 0 Å². The molecular weight excluding hydrogens is 316 g/mol. The van der Waals surface area contributed by atoms with Crippen LogP contribution in [0.1, 0.15) is 18.4 Å². The number of hydrogen-bond acceptors (Lipinski definition) is 3. The molecule has 1 aromatic rings. The largest absolute Gasteiger partial charge is 0.315 e. The lowest BCUT2D eigenvalue weighted by Gasteiger charge is -2.24. The second kappa shape index (κ2) is 5.69. The van der Waals surface area contributed by atoms with E-state index in [1.807, 2.05) is 13.0 Å². The first kappa shape index (κ1) is 14.0. The van der Waals surface area contributed by atoms with Gasteiger partial charge >= 0.3 is 0 Å². The Bertz CT molecular complexity index is 525. The molecule has 2 rings (SSSR count). The topological polar surface area (TPSA) is 58.2 Å². The van der Waals surface area contributed by atoms with Crippen LogP contribution in [0.25, 0.3) is 0 Å². The van der Waals surface area contributed by atoms with Gasteiger partial charge in [-0.25, -0.2) is 13.1 Å². The fourth-order valence-corrected chi connectivity index (χ4v) is 4.39. The monoisotopic (exact) mass is 332 g/mol. The van der Waals surface area contributed by atoms with Crippen LogP contribution in [0.15, 0.2) is 27.6 Å². The Balaban J connectivity index is 2.22. The summed E-state index contributed by atoms with van der Waals surface area (Å²) in [4.78, 5) is 0.313. The van der Waals surface area contributed by atoms with Gasteiger partial charge < -0.3 is 5.32 Å². The van der Waals surface area contributed by atoms with Gasteiger partial charge in [-0.3, -0.25) is 0 Å². The highest BCUT2D eigenvalue weighted by molar-refractivity contribution is 9.10. The lowest BCUT2D eigenvalue weighted by molar-refractivity contribution is 0.428. The number of aryl methyl sites for hydroxylation is 1. The molecule has 0 radical (unpaired) electrons. The van der Waals surface area contributed by atoms with Gasteiger partial charge in [-0.1, -0.05) is 12.1 Å². The van der Waals surface area contributed by atoms with E-state index in [0.717, 1.165) is 24.9 Å². The molecule has 4 nitrogen and oxygen atoms in total. The molecule has 1 atom stereocenters. The maximum atomic E-state index is 12.3. The summed E-state index contributed by atoms with van der Waals surface area (Å²) in [6, 6.07) is 5.24. The predicted molar refractivity (Wildman–Crippen MR) is 75.1 cm³/mol. The molecule has 0 bridgehead atoms. The van der Waals surface area contributed by atoms with E-state index in [2.05, 4.69) is 26.0 Å². The summed E-state index contributed by atoms with van der Waals surface area (Å²) in [5.74, 6) is 0. The Morgan fingerprint density at radius 1 is 1.44 bits per heavy atom.